The lowest BCUT2D eigenvalue weighted by Crippen LogP contribution is -2.19. The van der Waals surface area contributed by atoms with Gasteiger partial charge < -0.3 is 5.32 Å². The maximum atomic E-state index is 12.2. The van der Waals surface area contributed by atoms with Gasteiger partial charge in [0.05, 0.1) is 0 Å². The smallest absolute Gasteiger partial charge is 0.274 e. The number of hydrogen-bond donors (Lipinski definition) is 2. The molecule has 0 bridgehead atoms. The van der Waals surface area contributed by atoms with Crippen LogP contribution in [0.25, 0.3) is 0 Å². The molecule has 2 aromatic carbocycles. The van der Waals surface area contributed by atoms with Gasteiger partial charge in [-0.05, 0) is 30.2 Å². The van der Waals surface area contributed by atoms with Crippen LogP contribution < -0.4 is 10.9 Å². The second-order valence-electron chi connectivity index (χ2n) is 5.15. The number of hydrogen-bond acceptors (Lipinski definition) is 4. The Morgan fingerprint density at radius 1 is 1.09 bits per heavy atom. The quantitative estimate of drug-likeness (QED) is 0.770. The van der Waals surface area contributed by atoms with E-state index in [0.717, 1.165) is 16.8 Å². The standard InChI is InChI=1S/C17H15ClN4O/c1-11-13(18)8-5-9-14(11)19-17-20-16(23)15(21-22-17)10-12-6-3-2-4-7-12/h2-9H,10H2,1H3,(H2,19,20,22,23). The first-order valence-corrected chi connectivity index (χ1v) is 7.53. The molecule has 1 aromatic heterocycles. The summed E-state index contributed by atoms with van der Waals surface area (Å²) in [7, 11) is 0. The molecule has 0 fully saturated rings. The zero-order chi connectivity index (χ0) is 16.2. The summed E-state index contributed by atoms with van der Waals surface area (Å²) in [6.07, 6.45) is 0.444. The average Bonchev–Trinajstić information content (AvgIpc) is 2.55. The molecule has 0 unspecified atom stereocenters. The van der Waals surface area contributed by atoms with Gasteiger partial charge in [-0.3, -0.25) is 9.78 Å². The van der Waals surface area contributed by atoms with E-state index in [9.17, 15) is 4.79 Å². The number of rotatable bonds is 4. The lowest BCUT2D eigenvalue weighted by molar-refractivity contribution is 0.874. The van der Waals surface area contributed by atoms with Crippen LogP contribution in [0.15, 0.2) is 53.3 Å². The summed E-state index contributed by atoms with van der Waals surface area (Å²) in [6, 6.07) is 15.2. The third-order valence-corrected chi connectivity index (χ3v) is 3.91. The molecule has 0 aliphatic rings. The van der Waals surface area contributed by atoms with Gasteiger partial charge in [-0.1, -0.05) is 48.0 Å². The first-order valence-electron chi connectivity index (χ1n) is 7.15. The van der Waals surface area contributed by atoms with Gasteiger partial charge in [0, 0.05) is 17.1 Å². The van der Waals surface area contributed by atoms with E-state index in [1.165, 1.54) is 0 Å². The summed E-state index contributed by atoms with van der Waals surface area (Å²) >= 11 is 6.08. The Morgan fingerprint density at radius 2 is 1.87 bits per heavy atom. The number of H-pyrrole nitrogens is 1. The van der Waals surface area contributed by atoms with Crippen LogP contribution in [0, 0.1) is 6.92 Å². The summed E-state index contributed by atoms with van der Waals surface area (Å²) in [5, 5.41) is 11.8. The minimum Gasteiger partial charge on any atom is -0.324 e. The Kier molecular flexibility index (Phi) is 4.39. The summed E-state index contributed by atoms with van der Waals surface area (Å²) in [4.78, 5) is 14.9. The summed E-state index contributed by atoms with van der Waals surface area (Å²) in [5.74, 6) is 0.289. The zero-order valence-corrected chi connectivity index (χ0v) is 13.3. The van der Waals surface area contributed by atoms with Crippen molar-refractivity contribution in [3.63, 3.8) is 0 Å². The second kappa shape index (κ2) is 6.62. The van der Waals surface area contributed by atoms with Crippen molar-refractivity contribution < 1.29 is 0 Å². The molecule has 0 aliphatic heterocycles. The molecule has 2 N–H and O–H groups in total. The highest BCUT2D eigenvalue weighted by molar-refractivity contribution is 6.31. The molecule has 0 aliphatic carbocycles. The van der Waals surface area contributed by atoms with E-state index < -0.39 is 0 Å². The molecular formula is C17H15ClN4O. The number of benzene rings is 2. The van der Waals surface area contributed by atoms with E-state index in [2.05, 4.69) is 20.5 Å². The third kappa shape index (κ3) is 3.57. The van der Waals surface area contributed by atoms with E-state index in [1.807, 2.05) is 49.4 Å². The Morgan fingerprint density at radius 3 is 2.61 bits per heavy atom. The fraction of sp³-hybridized carbons (Fsp3) is 0.118. The molecule has 0 spiro atoms. The van der Waals surface area contributed by atoms with Crippen LogP contribution in [0.2, 0.25) is 5.02 Å². The molecule has 1 heterocycles. The minimum atomic E-state index is -0.258. The molecule has 0 radical (unpaired) electrons. The normalized spacial score (nSPS) is 10.5. The lowest BCUT2D eigenvalue weighted by Gasteiger charge is -2.09. The van der Waals surface area contributed by atoms with Gasteiger partial charge in [-0.25, -0.2) is 0 Å². The highest BCUT2D eigenvalue weighted by Crippen LogP contribution is 2.24. The first-order chi connectivity index (χ1) is 11.1. The van der Waals surface area contributed by atoms with E-state index in [1.54, 1.807) is 6.07 Å². The maximum absolute atomic E-state index is 12.2. The number of nitrogens with one attached hydrogen (secondary N) is 2. The fourth-order valence-corrected chi connectivity index (χ4v) is 2.37. The van der Waals surface area contributed by atoms with Crippen molar-refractivity contribution in [2.24, 2.45) is 0 Å². The van der Waals surface area contributed by atoms with E-state index >= 15 is 0 Å². The number of aromatic nitrogens is 3. The largest absolute Gasteiger partial charge is 0.324 e. The number of nitrogens with zero attached hydrogens (tertiary/aromatic N) is 2. The Bertz CT molecular complexity index is 877. The van der Waals surface area contributed by atoms with E-state index in [4.69, 9.17) is 11.6 Å². The molecule has 0 saturated carbocycles. The van der Waals surface area contributed by atoms with Crippen molar-refractivity contribution in [2.45, 2.75) is 13.3 Å². The molecule has 0 saturated heterocycles. The van der Waals surface area contributed by atoms with Crippen LogP contribution in [-0.4, -0.2) is 15.2 Å². The van der Waals surface area contributed by atoms with E-state index in [0.29, 0.717) is 17.1 Å². The van der Waals surface area contributed by atoms with E-state index in [-0.39, 0.29) is 11.5 Å². The van der Waals surface area contributed by atoms with Crippen LogP contribution in [0.1, 0.15) is 16.8 Å². The molecule has 6 heteroatoms. The maximum Gasteiger partial charge on any atom is 0.274 e. The molecule has 3 aromatic rings. The van der Waals surface area contributed by atoms with Crippen molar-refractivity contribution in [1.82, 2.24) is 15.2 Å². The minimum absolute atomic E-state index is 0.258. The van der Waals surface area contributed by atoms with Crippen LogP contribution in [0.3, 0.4) is 0 Å². The van der Waals surface area contributed by atoms with Crippen molar-refractivity contribution in [1.29, 1.82) is 0 Å². The highest BCUT2D eigenvalue weighted by Gasteiger charge is 2.08. The second-order valence-corrected chi connectivity index (χ2v) is 5.56. The summed E-state index contributed by atoms with van der Waals surface area (Å²) < 4.78 is 0. The monoisotopic (exact) mass is 326 g/mol. The van der Waals surface area contributed by atoms with Gasteiger partial charge in [0.25, 0.3) is 5.56 Å². The molecule has 0 atom stereocenters. The predicted molar refractivity (Wildman–Crippen MR) is 91.4 cm³/mol. The highest BCUT2D eigenvalue weighted by atomic mass is 35.5. The zero-order valence-electron chi connectivity index (χ0n) is 12.5. The van der Waals surface area contributed by atoms with Crippen LogP contribution >= 0.6 is 11.6 Å². The third-order valence-electron chi connectivity index (χ3n) is 3.50. The van der Waals surface area contributed by atoms with Gasteiger partial charge in [0.1, 0.15) is 5.69 Å². The number of anilines is 2. The Labute approximate surface area is 138 Å². The average molecular weight is 327 g/mol. The van der Waals surface area contributed by atoms with Gasteiger partial charge in [-0.15, -0.1) is 10.2 Å². The van der Waals surface area contributed by atoms with Crippen LogP contribution in [0.5, 0.6) is 0 Å². The van der Waals surface area contributed by atoms with Gasteiger partial charge in [0.2, 0.25) is 5.95 Å². The molecule has 3 rings (SSSR count). The van der Waals surface area contributed by atoms with Crippen molar-refractivity contribution >= 4 is 23.2 Å². The fourth-order valence-electron chi connectivity index (χ4n) is 2.19. The predicted octanol–water partition coefficient (Wildman–Crippen LogP) is 3.46. The van der Waals surface area contributed by atoms with Crippen molar-refractivity contribution in [3.05, 3.63) is 80.7 Å². The Balaban J connectivity index is 1.82. The molecular weight excluding hydrogens is 312 g/mol. The molecule has 116 valence electrons. The molecule has 23 heavy (non-hydrogen) atoms. The number of aromatic amines is 1. The van der Waals surface area contributed by atoms with Crippen molar-refractivity contribution in [2.75, 3.05) is 5.32 Å². The summed E-state index contributed by atoms with van der Waals surface area (Å²) in [6.45, 7) is 1.89. The SMILES string of the molecule is Cc1c(Cl)cccc1Nc1nnc(Cc2ccccc2)c(=O)[nH]1. The van der Waals surface area contributed by atoms with Crippen molar-refractivity contribution in [3.8, 4) is 0 Å². The van der Waals surface area contributed by atoms with Crippen LogP contribution in [-0.2, 0) is 6.42 Å². The summed E-state index contributed by atoms with van der Waals surface area (Å²) in [5.41, 5.74) is 2.79. The topological polar surface area (TPSA) is 70.7 Å². The van der Waals surface area contributed by atoms with Gasteiger partial charge in [0.15, 0.2) is 0 Å². The van der Waals surface area contributed by atoms with Gasteiger partial charge in [-0.2, -0.15) is 0 Å². The van der Waals surface area contributed by atoms with Gasteiger partial charge >= 0.3 is 0 Å². The number of halogens is 1. The Hall–Kier alpha value is -2.66. The lowest BCUT2D eigenvalue weighted by atomic mass is 10.1. The molecule has 0 amide bonds. The van der Waals surface area contributed by atoms with Crippen LogP contribution in [0.4, 0.5) is 11.6 Å². The first kappa shape index (κ1) is 15.2. The molecule has 5 nitrogen and oxygen atoms in total.